The van der Waals surface area contributed by atoms with E-state index in [1.54, 1.807) is 11.1 Å². The van der Waals surface area contributed by atoms with E-state index in [9.17, 15) is 4.79 Å². The van der Waals surface area contributed by atoms with Gasteiger partial charge in [-0.3, -0.25) is 9.78 Å². The number of hydrogen-bond donors (Lipinski definition) is 0. The van der Waals surface area contributed by atoms with E-state index >= 15 is 0 Å². The number of aromatic nitrogens is 4. The molecule has 0 bridgehead atoms. The molecule has 2 aromatic heterocycles. The molecule has 0 atom stereocenters. The van der Waals surface area contributed by atoms with E-state index in [0.29, 0.717) is 5.69 Å². The summed E-state index contributed by atoms with van der Waals surface area (Å²) in [5.74, 6) is 0.816. The Hall–Kier alpha value is -3.09. The minimum absolute atomic E-state index is 0.0991. The van der Waals surface area contributed by atoms with Crippen LogP contribution in [0, 0.1) is 0 Å². The minimum Gasteiger partial charge on any atom is -0.351 e. The number of carbonyl (C=O) groups is 1. The van der Waals surface area contributed by atoms with Crippen LogP contribution in [0.4, 0.5) is 5.82 Å². The molecule has 0 radical (unpaired) electrons. The standard InChI is InChI=1S/C20H20N6O/c1-25(20(27)18-10-21-16-6-2-3-7-17(16)22-18)14-11-26(12-14)19-9-13-5-4-8-15(13)23-24-19/h2-3,6-7,9-10,14H,4-5,8,11-12H2,1H3. The second-order valence-corrected chi connectivity index (χ2v) is 7.25. The van der Waals surface area contributed by atoms with Gasteiger partial charge in [0.1, 0.15) is 5.69 Å². The molecule has 1 aliphatic heterocycles. The van der Waals surface area contributed by atoms with E-state index in [0.717, 1.165) is 48.5 Å². The number of amides is 1. The summed E-state index contributed by atoms with van der Waals surface area (Å²) in [5, 5.41) is 8.71. The number of nitrogens with zero attached hydrogens (tertiary/aromatic N) is 6. The number of para-hydroxylation sites is 2. The van der Waals surface area contributed by atoms with Gasteiger partial charge in [-0.05, 0) is 43.0 Å². The van der Waals surface area contributed by atoms with Gasteiger partial charge in [0, 0.05) is 20.1 Å². The third-order valence-electron chi connectivity index (χ3n) is 5.53. The highest BCUT2D eigenvalue weighted by Crippen LogP contribution is 2.26. The Bertz CT molecular complexity index is 1030. The zero-order valence-electron chi connectivity index (χ0n) is 15.2. The summed E-state index contributed by atoms with van der Waals surface area (Å²) < 4.78 is 0. The Morgan fingerprint density at radius 2 is 1.96 bits per heavy atom. The Balaban J connectivity index is 1.27. The molecule has 5 rings (SSSR count). The molecule has 136 valence electrons. The minimum atomic E-state index is -0.0991. The summed E-state index contributed by atoms with van der Waals surface area (Å²) in [4.78, 5) is 25.5. The molecule has 3 aromatic rings. The number of carbonyl (C=O) groups excluding carboxylic acids is 1. The third-order valence-corrected chi connectivity index (χ3v) is 5.53. The van der Waals surface area contributed by atoms with Crippen LogP contribution in [0.5, 0.6) is 0 Å². The van der Waals surface area contributed by atoms with Gasteiger partial charge in [0.25, 0.3) is 5.91 Å². The van der Waals surface area contributed by atoms with Crippen LogP contribution in [-0.4, -0.2) is 57.2 Å². The molecule has 0 unspecified atom stereocenters. The molecule has 1 amide bonds. The van der Waals surface area contributed by atoms with Crippen LogP contribution in [0.1, 0.15) is 28.2 Å². The van der Waals surface area contributed by atoms with Crippen molar-refractivity contribution in [3.63, 3.8) is 0 Å². The SMILES string of the molecule is CN(C(=O)c1cnc2ccccc2n1)C1CN(c2cc3c(nn2)CCC3)C1. The van der Waals surface area contributed by atoms with Crippen LogP contribution in [-0.2, 0) is 12.8 Å². The number of anilines is 1. The average Bonchev–Trinajstić information content (AvgIpc) is 3.13. The summed E-state index contributed by atoms with van der Waals surface area (Å²) in [6.07, 6.45) is 4.85. The van der Waals surface area contributed by atoms with Crippen molar-refractivity contribution >= 4 is 22.8 Å². The van der Waals surface area contributed by atoms with Gasteiger partial charge >= 0.3 is 0 Å². The van der Waals surface area contributed by atoms with E-state index in [4.69, 9.17) is 0 Å². The molecule has 0 spiro atoms. The van der Waals surface area contributed by atoms with Gasteiger partial charge in [0.2, 0.25) is 0 Å². The van der Waals surface area contributed by atoms with Crippen LogP contribution in [0.3, 0.4) is 0 Å². The molecule has 2 aliphatic rings. The monoisotopic (exact) mass is 360 g/mol. The summed E-state index contributed by atoms with van der Waals surface area (Å²) in [5.41, 5.74) is 4.37. The number of benzene rings is 1. The molecule has 1 aliphatic carbocycles. The zero-order valence-corrected chi connectivity index (χ0v) is 15.2. The summed E-state index contributed by atoms with van der Waals surface area (Å²) in [7, 11) is 1.83. The molecule has 1 aromatic carbocycles. The molecular formula is C20H20N6O. The summed E-state index contributed by atoms with van der Waals surface area (Å²) in [6, 6.07) is 9.87. The van der Waals surface area contributed by atoms with Gasteiger partial charge in [-0.15, -0.1) is 5.10 Å². The zero-order chi connectivity index (χ0) is 18.4. The molecular weight excluding hydrogens is 340 g/mol. The maximum absolute atomic E-state index is 12.8. The van der Waals surface area contributed by atoms with Crippen LogP contribution < -0.4 is 4.90 Å². The van der Waals surface area contributed by atoms with E-state index in [-0.39, 0.29) is 11.9 Å². The predicted molar refractivity (Wildman–Crippen MR) is 102 cm³/mol. The number of likely N-dealkylation sites (N-methyl/N-ethyl adjacent to an activating group) is 1. The van der Waals surface area contributed by atoms with Crippen molar-refractivity contribution in [3.05, 3.63) is 53.5 Å². The number of aryl methyl sites for hydroxylation is 2. The molecule has 27 heavy (non-hydrogen) atoms. The highest BCUT2D eigenvalue weighted by atomic mass is 16.2. The molecule has 3 heterocycles. The van der Waals surface area contributed by atoms with Gasteiger partial charge in [-0.2, -0.15) is 5.10 Å². The lowest BCUT2D eigenvalue weighted by molar-refractivity contribution is 0.0699. The Morgan fingerprint density at radius 1 is 1.15 bits per heavy atom. The summed E-state index contributed by atoms with van der Waals surface area (Å²) >= 11 is 0. The molecule has 7 heteroatoms. The average molecular weight is 360 g/mol. The van der Waals surface area contributed by atoms with Gasteiger partial charge < -0.3 is 9.80 Å². The summed E-state index contributed by atoms with van der Waals surface area (Å²) in [6.45, 7) is 1.52. The van der Waals surface area contributed by atoms with E-state index < -0.39 is 0 Å². The van der Waals surface area contributed by atoms with Crippen LogP contribution >= 0.6 is 0 Å². The second-order valence-electron chi connectivity index (χ2n) is 7.25. The maximum atomic E-state index is 12.8. The van der Waals surface area contributed by atoms with Gasteiger partial charge in [0.15, 0.2) is 5.82 Å². The van der Waals surface area contributed by atoms with Gasteiger partial charge in [-0.1, -0.05) is 12.1 Å². The molecule has 1 fully saturated rings. The normalized spacial score (nSPS) is 16.3. The van der Waals surface area contributed by atoms with Gasteiger partial charge in [-0.25, -0.2) is 4.98 Å². The van der Waals surface area contributed by atoms with Crippen LogP contribution in [0.25, 0.3) is 11.0 Å². The Kier molecular flexibility index (Phi) is 3.74. The smallest absolute Gasteiger partial charge is 0.274 e. The van der Waals surface area contributed by atoms with Crippen molar-refractivity contribution < 1.29 is 4.79 Å². The highest BCUT2D eigenvalue weighted by Gasteiger charge is 2.34. The Labute approximate surface area is 157 Å². The first kappa shape index (κ1) is 16.1. The first-order chi connectivity index (χ1) is 13.2. The highest BCUT2D eigenvalue weighted by molar-refractivity contribution is 5.94. The second kappa shape index (κ2) is 6.26. The fourth-order valence-electron chi connectivity index (χ4n) is 3.77. The number of fused-ring (bicyclic) bond motifs is 2. The van der Waals surface area contributed by atoms with Crippen molar-refractivity contribution in [2.45, 2.75) is 25.3 Å². The number of hydrogen-bond acceptors (Lipinski definition) is 6. The largest absolute Gasteiger partial charge is 0.351 e. The van der Waals surface area contributed by atoms with Crippen molar-refractivity contribution in [2.24, 2.45) is 0 Å². The fourth-order valence-corrected chi connectivity index (χ4v) is 3.77. The first-order valence-electron chi connectivity index (χ1n) is 9.28. The quantitative estimate of drug-likeness (QED) is 0.710. The molecule has 7 nitrogen and oxygen atoms in total. The number of rotatable bonds is 3. The van der Waals surface area contributed by atoms with Crippen LogP contribution in [0.15, 0.2) is 36.5 Å². The van der Waals surface area contributed by atoms with Crippen molar-refractivity contribution in [2.75, 3.05) is 25.0 Å². The topological polar surface area (TPSA) is 75.1 Å². The first-order valence-corrected chi connectivity index (χ1v) is 9.28. The molecule has 1 saturated heterocycles. The van der Waals surface area contributed by atoms with E-state index in [1.165, 1.54) is 12.0 Å². The fraction of sp³-hybridized carbons (Fsp3) is 0.350. The maximum Gasteiger partial charge on any atom is 0.274 e. The molecule has 0 N–H and O–H groups in total. The lowest BCUT2D eigenvalue weighted by Crippen LogP contribution is -2.60. The van der Waals surface area contributed by atoms with Crippen molar-refractivity contribution in [3.8, 4) is 0 Å². The van der Waals surface area contributed by atoms with Crippen LogP contribution in [0.2, 0.25) is 0 Å². The van der Waals surface area contributed by atoms with E-state index in [2.05, 4.69) is 31.1 Å². The van der Waals surface area contributed by atoms with E-state index in [1.807, 2.05) is 31.3 Å². The van der Waals surface area contributed by atoms with Crippen molar-refractivity contribution in [1.29, 1.82) is 0 Å². The lowest BCUT2D eigenvalue weighted by Gasteiger charge is -2.44. The van der Waals surface area contributed by atoms with Crippen molar-refractivity contribution in [1.82, 2.24) is 25.1 Å². The lowest BCUT2D eigenvalue weighted by atomic mass is 10.1. The predicted octanol–water partition coefficient (Wildman–Crippen LogP) is 1.87. The molecule has 0 saturated carbocycles. The van der Waals surface area contributed by atoms with Gasteiger partial charge in [0.05, 0.1) is 29.0 Å². The Morgan fingerprint density at radius 3 is 2.81 bits per heavy atom. The third kappa shape index (κ3) is 2.79.